The smallest absolute Gasteiger partial charge is 0.336 e. The molecule has 0 aliphatic rings. The Hall–Kier alpha value is -3.53. The number of ether oxygens (including phenoxy) is 2. The van der Waals surface area contributed by atoms with E-state index in [9.17, 15) is 4.79 Å². The molecule has 0 spiro atoms. The van der Waals surface area contributed by atoms with Crippen molar-refractivity contribution in [2.24, 2.45) is 0 Å². The van der Waals surface area contributed by atoms with Crippen LogP contribution >= 0.6 is 0 Å². The average molecular weight is 458 g/mol. The Bertz CT molecular complexity index is 1020. The van der Waals surface area contributed by atoms with Crippen LogP contribution in [0.5, 0.6) is 5.75 Å². The van der Waals surface area contributed by atoms with Crippen molar-refractivity contribution < 1.29 is 14.3 Å². The molecular formula is C30H35NO3. The summed E-state index contributed by atoms with van der Waals surface area (Å²) in [6, 6.07) is 28.3. The van der Waals surface area contributed by atoms with Crippen LogP contribution in [0.3, 0.4) is 0 Å². The van der Waals surface area contributed by atoms with Crippen LogP contribution in [0.1, 0.15) is 44.7 Å². The van der Waals surface area contributed by atoms with Crippen molar-refractivity contribution in [1.29, 1.82) is 0 Å². The number of carbonyl (C=O) groups is 1. The molecule has 0 fully saturated rings. The monoisotopic (exact) mass is 457 g/mol. The minimum atomic E-state index is -0.984. The summed E-state index contributed by atoms with van der Waals surface area (Å²) in [6.45, 7) is 7.05. The minimum Gasteiger partial charge on any atom is -0.497 e. The summed E-state index contributed by atoms with van der Waals surface area (Å²) in [5, 5.41) is 0. The predicted octanol–water partition coefficient (Wildman–Crippen LogP) is 6.76. The van der Waals surface area contributed by atoms with Crippen LogP contribution in [0.4, 0.5) is 5.69 Å². The van der Waals surface area contributed by atoms with Gasteiger partial charge in [0.25, 0.3) is 0 Å². The van der Waals surface area contributed by atoms with Gasteiger partial charge in [-0.3, -0.25) is 0 Å². The normalized spacial score (nSPS) is 12.4. The number of rotatable bonds is 11. The van der Waals surface area contributed by atoms with Gasteiger partial charge in [-0.05, 0) is 66.8 Å². The lowest BCUT2D eigenvalue weighted by Crippen LogP contribution is -2.55. The summed E-state index contributed by atoms with van der Waals surface area (Å²) in [6.07, 6.45) is 3.55. The maximum absolute atomic E-state index is 13.8. The van der Waals surface area contributed by atoms with Crippen molar-refractivity contribution in [2.45, 2.75) is 39.2 Å². The lowest BCUT2D eigenvalue weighted by atomic mass is 9.85. The molecule has 0 aliphatic carbocycles. The number of benzene rings is 3. The van der Waals surface area contributed by atoms with Crippen molar-refractivity contribution in [1.82, 2.24) is 0 Å². The van der Waals surface area contributed by atoms with E-state index in [0.717, 1.165) is 34.6 Å². The highest BCUT2D eigenvalue weighted by atomic mass is 16.5. The number of carbonyl (C=O) groups excluding carboxylic acids is 1. The molecule has 0 heterocycles. The van der Waals surface area contributed by atoms with Crippen molar-refractivity contribution in [3.63, 3.8) is 0 Å². The average Bonchev–Trinajstić information content (AvgIpc) is 2.90. The Morgan fingerprint density at radius 1 is 0.853 bits per heavy atom. The lowest BCUT2D eigenvalue weighted by Gasteiger charge is -2.41. The number of esters is 1. The van der Waals surface area contributed by atoms with Crippen LogP contribution in [0.25, 0.3) is 5.57 Å². The Kier molecular flexibility index (Phi) is 8.92. The summed E-state index contributed by atoms with van der Waals surface area (Å²) in [4.78, 5) is 16.0. The Morgan fingerprint density at radius 2 is 1.41 bits per heavy atom. The van der Waals surface area contributed by atoms with Gasteiger partial charge >= 0.3 is 5.97 Å². The van der Waals surface area contributed by atoms with E-state index in [4.69, 9.17) is 9.47 Å². The van der Waals surface area contributed by atoms with Crippen molar-refractivity contribution in [2.75, 3.05) is 25.2 Å². The molecule has 3 aromatic carbocycles. The minimum absolute atomic E-state index is 0.244. The molecule has 178 valence electrons. The molecule has 0 bridgehead atoms. The second-order valence-corrected chi connectivity index (χ2v) is 8.14. The molecule has 0 saturated heterocycles. The van der Waals surface area contributed by atoms with Gasteiger partial charge in [0.1, 0.15) is 5.75 Å². The van der Waals surface area contributed by atoms with Gasteiger partial charge in [0.05, 0.1) is 13.7 Å². The fourth-order valence-electron chi connectivity index (χ4n) is 4.29. The highest BCUT2D eigenvalue weighted by molar-refractivity contribution is 5.93. The molecule has 3 aromatic rings. The first kappa shape index (κ1) is 25.1. The van der Waals surface area contributed by atoms with Crippen LogP contribution in [-0.4, -0.2) is 31.8 Å². The molecule has 0 radical (unpaired) electrons. The lowest BCUT2D eigenvalue weighted by molar-refractivity contribution is -0.148. The van der Waals surface area contributed by atoms with Crippen molar-refractivity contribution in [3.05, 3.63) is 102 Å². The van der Waals surface area contributed by atoms with Crippen LogP contribution in [0, 0.1) is 0 Å². The fraction of sp³-hybridized carbons (Fsp3) is 0.300. The van der Waals surface area contributed by atoms with E-state index in [1.807, 2.05) is 74.5 Å². The molecule has 0 aromatic heterocycles. The number of methoxy groups -OCH3 is 1. The van der Waals surface area contributed by atoms with E-state index in [1.165, 1.54) is 0 Å². The van der Waals surface area contributed by atoms with E-state index >= 15 is 0 Å². The van der Waals surface area contributed by atoms with Crippen molar-refractivity contribution >= 4 is 17.2 Å². The first-order valence-electron chi connectivity index (χ1n) is 12.0. The summed E-state index contributed by atoms with van der Waals surface area (Å²) in [7, 11) is 1.66. The van der Waals surface area contributed by atoms with E-state index < -0.39 is 5.54 Å². The van der Waals surface area contributed by atoms with Crippen LogP contribution in [-0.2, 0) is 9.53 Å². The molecule has 1 atom stereocenters. The standard InChI is InChI=1S/C30H35NO3/c1-5-22-31(26-18-20-27(33-4)21-19-26)30(6-2,29(32)34-7-3)23-28(24-14-10-8-11-15-24)25-16-12-9-13-17-25/h8-21,23H,5-7,22H2,1-4H3. The summed E-state index contributed by atoms with van der Waals surface area (Å²) >= 11 is 0. The van der Waals surface area contributed by atoms with Gasteiger partial charge in [-0.15, -0.1) is 0 Å². The second-order valence-electron chi connectivity index (χ2n) is 8.14. The SMILES string of the molecule is CCCN(c1ccc(OC)cc1)C(C=C(c1ccccc1)c1ccccc1)(CC)C(=O)OCC. The van der Waals surface area contributed by atoms with Gasteiger partial charge < -0.3 is 14.4 Å². The molecule has 4 heteroatoms. The topological polar surface area (TPSA) is 38.8 Å². The van der Waals surface area contributed by atoms with Crippen LogP contribution in [0.15, 0.2) is 91.0 Å². The number of nitrogens with zero attached hydrogens (tertiary/aromatic N) is 1. The fourth-order valence-corrected chi connectivity index (χ4v) is 4.29. The zero-order chi connectivity index (χ0) is 24.4. The zero-order valence-electron chi connectivity index (χ0n) is 20.7. The highest BCUT2D eigenvalue weighted by Crippen LogP contribution is 2.36. The van der Waals surface area contributed by atoms with Gasteiger partial charge in [-0.1, -0.05) is 74.5 Å². The first-order valence-corrected chi connectivity index (χ1v) is 12.0. The molecule has 34 heavy (non-hydrogen) atoms. The van der Waals surface area contributed by atoms with Crippen LogP contribution in [0.2, 0.25) is 0 Å². The quantitative estimate of drug-likeness (QED) is 0.298. The molecule has 1 unspecified atom stereocenters. The van der Waals surface area contributed by atoms with E-state index in [-0.39, 0.29) is 5.97 Å². The third-order valence-electron chi connectivity index (χ3n) is 6.03. The highest BCUT2D eigenvalue weighted by Gasteiger charge is 2.43. The van der Waals surface area contributed by atoms with E-state index in [2.05, 4.69) is 42.2 Å². The molecule has 3 rings (SSSR count). The Labute approximate surface area is 203 Å². The van der Waals surface area contributed by atoms with Gasteiger partial charge in [0.2, 0.25) is 0 Å². The number of hydrogen-bond acceptors (Lipinski definition) is 4. The third kappa shape index (κ3) is 5.51. The van der Waals surface area contributed by atoms with Gasteiger partial charge in [0.15, 0.2) is 5.54 Å². The number of hydrogen-bond donors (Lipinski definition) is 0. The van der Waals surface area contributed by atoms with E-state index in [1.54, 1.807) is 7.11 Å². The largest absolute Gasteiger partial charge is 0.497 e. The summed E-state index contributed by atoms with van der Waals surface area (Å²) in [5.41, 5.74) is 3.09. The molecule has 0 N–H and O–H groups in total. The number of anilines is 1. The van der Waals surface area contributed by atoms with Crippen LogP contribution < -0.4 is 9.64 Å². The molecule has 0 saturated carbocycles. The van der Waals surface area contributed by atoms with Gasteiger partial charge in [0, 0.05) is 12.2 Å². The second kappa shape index (κ2) is 12.1. The maximum atomic E-state index is 13.8. The molecule has 0 amide bonds. The Morgan fingerprint density at radius 3 is 1.85 bits per heavy atom. The molecule has 0 aliphatic heterocycles. The predicted molar refractivity (Wildman–Crippen MR) is 140 cm³/mol. The Balaban J connectivity index is 2.28. The van der Waals surface area contributed by atoms with Gasteiger partial charge in [-0.25, -0.2) is 4.79 Å². The summed E-state index contributed by atoms with van der Waals surface area (Å²) in [5.74, 6) is 0.536. The van der Waals surface area contributed by atoms with Gasteiger partial charge in [-0.2, -0.15) is 0 Å². The zero-order valence-corrected chi connectivity index (χ0v) is 20.7. The van der Waals surface area contributed by atoms with E-state index in [0.29, 0.717) is 19.6 Å². The van der Waals surface area contributed by atoms with Crippen molar-refractivity contribution in [3.8, 4) is 5.75 Å². The molecule has 4 nitrogen and oxygen atoms in total. The molecular weight excluding hydrogens is 422 g/mol. The third-order valence-corrected chi connectivity index (χ3v) is 6.03. The summed E-state index contributed by atoms with van der Waals surface area (Å²) < 4.78 is 11.1. The first-order chi connectivity index (χ1) is 16.6. The maximum Gasteiger partial charge on any atom is 0.336 e.